The topological polar surface area (TPSA) is 64.6 Å². The molecule has 0 radical (unpaired) electrons. The Morgan fingerprint density at radius 2 is 1.92 bits per heavy atom. The van der Waals surface area contributed by atoms with Crippen LogP contribution >= 0.6 is 11.3 Å². The number of rotatable bonds is 9. The number of benzene rings is 1. The van der Waals surface area contributed by atoms with E-state index in [9.17, 15) is 9.59 Å². The Balaban J connectivity index is 1.72. The van der Waals surface area contributed by atoms with Crippen molar-refractivity contribution < 1.29 is 19.1 Å². The molecule has 24 heavy (non-hydrogen) atoms. The summed E-state index contributed by atoms with van der Waals surface area (Å²) in [5.41, 5.74) is 0. The van der Waals surface area contributed by atoms with E-state index in [-0.39, 0.29) is 18.3 Å². The van der Waals surface area contributed by atoms with Crippen LogP contribution in [-0.4, -0.2) is 25.0 Å². The van der Waals surface area contributed by atoms with Crippen LogP contribution in [0.3, 0.4) is 0 Å². The zero-order valence-corrected chi connectivity index (χ0v) is 14.4. The summed E-state index contributed by atoms with van der Waals surface area (Å²) in [5, 5.41) is 4.63. The zero-order chi connectivity index (χ0) is 17.2. The fourth-order valence-electron chi connectivity index (χ4n) is 1.97. The molecule has 1 aromatic heterocycles. The maximum Gasteiger partial charge on any atom is 0.311 e. The molecule has 2 rings (SSSR count). The van der Waals surface area contributed by atoms with Crippen LogP contribution in [0.25, 0.3) is 0 Å². The number of ether oxygens (including phenoxy) is 2. The van der Waals surface area contributed by atoms with Crippen molar-refractivity contribution in [3.8, 4) is 11.5 Å². The second kappa shape index (κ2) is 9.72. The van der Waals surface area contributed by atoms with Crippen molar-refractivity contribution in [2.24, 2.45) is 0 Å². The molecule has 1 heterocycles. The smallest absolute Gasteiger partial charge is 0.311 e. The summed E-state index contributed by atoms with van der Waals surface area (Å²) in [6.45, 7) is 3.02. The Kier molecular flexibility index (Phi) is 7.29. The standard InChI is InChI=1S/C18H21NO4S/c1-2-12-22-14-7-3-4-8-15(14)23-17(20)10-5-11-19-18(21)16-9-6-13-24-16/h3-4,6-9,13H,2,5,10-12H2,1H3,(H,19,21). The zero-order valence-electron chi connectivity index (χ0n) is 13.6. The fourth-order valence-corrected chi connectivity index (χ4v) is 2.61. The van der Waals surface area contributed by atoms with Gasteiger partial charge in [-0.3, -0.25) is 9.59 Å². The second-order valence-corrected chi connectivity index (χ2v) is 6.05. The normalized spacial score (nSPS) is 10.2. The quantitative estimate of drug-likeness (QED) is 0.427. The number of thiophene rings is 1. The maximum atomic E-state index is 11.9. The molecule has 0 saturated carbocycles. The van der Waals surface area contributed by atoms with E-state index < -0.39 is 0 Å². The van der Waals surface area contributed by atoms with E-state index in [1.807, 2.05) is 24.4 Å². The lowest BCUT2D eigenvalue weighted by Crippen LogP contribution is -2.24. The van der Waals surface area contributed by atoms with Crippen LogP contribution in [-0.2, 0) is 4.79 Å². The lowest BCUT2D eigenvalue weighted by molar-refractivity contribution is -0.134. The van der Waals surface area contributed by atoms with Gasteiger partial charge in [0.25, 0.3) is 5.91 Å². The lowest BCUT2D eigenvalue weighted by Gasteiger charge is -2.11. The van der Waals surface area contributed by atoms with Gasteiger partial charge >= 0.3 is 5.97 Å². The fraction of sp³-hybridized carbons (Fsp3) is 0.333. The molecular weight excluding hydrogens is 326 g/mol. The first-order chi connectivity index (χ1) is 11.7. The molecular formula is C18H21NO4S. The molecule has 2 aromatic rings. The van der Waals surface area contributed by atoms with Gasteiger partial charge in [0.05, 0.1) is 11.5 Å². The Morgan fingerprint density at radius 3 is 2.62 bits per heavy atom. The predicted octanol–water partition coefficient (Wildman–Crippen LogP) is 3.65. The van der Waals surface area contributed by atoms with E-state index in [1.54, 1.807) is 24.3 Å². The number of hydrogen-bond acceptors (Lipinski definition) is 5. The van der Waals surface area contributed by atoms with Crippen molar-refractivity contribution in [1.82, 2.24) is 5.32 Å². The van der Waals surface area contributed by atoms with Crippen LogP contribution in [0.15, 0.2) is 41.8 Å². The summed E-state index contributed by atoms with van der Waals surface area (Å²) in [5.74, 6) is 0.543. The van der Waals surface area contributed by atoms with Crippen molar-refractivity contribution >= 4 is 23.2 Å². The van der Waals surface area contributed by atoms with E-state index >= 15 is 0 Å². The van der Waals surface area contributed by atoms with Gasteiger partial charge in [-0.15, -0.1) is 11.3 Å². The summed E-state index contributed by atoms with van der Waals surface area (Å²) in [4.78, 5) is 24.3. The molecule has 1 amide bonds. The minimum atomic E-state index is -0.340. The number of esters is 1. The number of carbonyl (C=O) groups is 2. The minimum absolute atomic E-state index is 0.114. The summed E-state index contributed by atoms with van der Waals surface area (Å²) < 4.78 is 10.9. The van der Waals surface area contributed by atoms with Crippen LogP contribution in [0.5, 0.6) is 11.5 Å². The number of amides is 1. The van der Waals surface area contributed by atoms with Crippen molar-refractivity contribution in [2.75, 3.05) is 13.2 Å². The molecule has 128 valence electrons. The third-order valence-corrected chi connectivity index (χ3v) is 3.99. The van der Waals surface area contributed by atoms with Gasteiger partial charge in [0.2, 0.25) is 0 Å². The first-order valence-corrected chi connectivity index (χ1v) is 8.83. The van der Waals surface area contributed by atoms with Crippen LogP contribution < -0.4 is 14.8 Å². The van der Waals surface area contributed by atoms with Crippen molar-refractivity contribution in [2.45, 2.75) is 26.2 Å². The van der Waals surface area contributed by atoms with Gasteiger partial charge in [-0.2, -0.15) is 0 Å². The van der Waals surface area contributed by atoms with E-state index in [2.05, 4.69) is 5.32 Å². The molecule has 1 aromatic carbocycles. The molecule has 0 aliphatic heterocycles. The molecule has 0 atom stereocenters. The van der Waals surface area contributed by atoms with Gasteiger partial charge < -0.3 is 14.8 Å². The lowest BCUT2D eigenvalue weighted by atomic mass is 10.3. The highest BCUT2D eigenvalue weighted by atomic mass is 32.1. The largest absolute Gasteiger partial charge is 0.490 e. The molecule has 0 bridgehead atoms. The number of nitrogens with one attached hydrogen (secondary N) is 1. The molecule has 0 spiro atoms. The molecule has 0 saturated heterocycles. The number of para-hydroxylation sites is 2. The first-order valence-electron chi connectivity index (χ1n) is 7.95. The highest BCUT2D eigenvalue weighted by Gasteiger charge is 2.10. The summed E-state index contributed by atoms with van der Waals surface area (Å²) in [6.07, 6.45) is 1.63. The SMILES string of the molecule is CCCOc1ccccc1OC(=O)CCCNC(=O)c1cccs1. The molecule has 0 unspecified atom stereocenters. The van der Waals surface area contributed by atoms with Gasteiger partial charge in [0.1, 0.15) is 0 Å². The summed E-state index contributed by atoms with van der Waals surface area (Å²) in [7, 11) is 0. The molecule has 0 fully saturated rings. The van der Waals surface area contributed by atoms with Crippen LogP contribution in [0.2, 0.25) is 0 Å². The third kappa shape index (κ3) is 5.70. The van der Waals surface area contributed by atoms with Gasteiger partial charge in [-0.1, -0.05) is 25.1 Å². The Morgan fingerprint density at radius 1 is 1.12 bits per heavy atom. The van der Waals surface area contributed by atoms with Gasteiger partial charge in [-0.25, -0.2) is 0 Å². The van der Waals surface area contributed by atoms with E-state index in [4.69, 9.17) is 9.47 Å². The Labute approximate surface area is 145 Å². The predicted molar refractivity (Wildman–Crippen MR) is 93.7 cm³/mol. The number of carbonyl (C=O) groups excluding carboxylic acids is 2. The summed E-state index contributed by atoms with van der Waals surface area (Å²) in [6, 6.07) is 10.7. The first kappa shape index (κ1) is 18.0. The van der Waals surface area contributed by atoms with E-state index in [0.717, 1.165) is 6.42 Å². The van der Waals surface area contributed by atoms with Crippen molar-refractivity contribution in [3.63, 3.8) is 0 Å². The van der Waals surface area contributed by atoms with Crippen LogP contribution in [0.4, 0.5) is 0 Å². The Bertz CT molecular complexity index is 655. The average molecular weight is 347 g/mol. The second-order valence-electron chi connectivity index (χ2n) is 5.11. The minimum Gasteiger partial charge on any atom is -0.490 e. The average Bonchev–Trinajstić information content (AvgIpc) is 3.12. The van der Waals surface area contributed by atoms with Gasteiger partial charge in [0.15, 0.2) is 11.5 Å². The summed E-state index contributed by atoms with van der Waals surface area (Å²) >= 11 is 1.39. The highest BCUT2D eigenvalue weighted by Crippen LogP contribution is 2.26. The van der Waals surface area contributed by atoms with E-state index in [1.165, 1.54) is 11.3 Å². The van der Waals surface area contributed by atoms with E-state index in [0.29, 0.717) is 35.9 Å². The van der Waals surface area contributed by atoms with Crippen molar-refractivity contribution in [3.05, 3.63) is 46.7 Å². The van der Waals surface area contributed by atoms with Gasteiger partial charge in [0, 0.05) is 13.0 Å². The van der Waals surface area contributed by atoms with Crippen molar-refractivity contribution in [1.29, 1.82) is 0 Å². The van der Waals surface area contributed by atoms with Gasteiger partial charge in [-0.05, 0) is 36.4 Å². The molecule has 0 aliphatic carbocycles. The van der Waals surface area contributed by atoms with Crippen LogP contribution in [0.1, 0.15) is 35.9 Å². The monoisotopic (exact) mass is 347 g/mol. The van der Waals surface area contributed by atoms with Crippen LogP contribution in [0, 0.1) is 0 Å². The number of hydrogen-bond donors (Lipinski definition) is 1. The molecule has 1 N–H and O–H groups in total. The molecule has 0 aliphatic rings. The highest BCUT2D eigenvalue weighted by molar-refractivity contribution is 7.12. The molecule has 6 heteroatoms. The maximum absolute atomic E-state index is 11.9. The third-order valence-electron chi connectivity index (χ3n) is 3.12. The molecule has 5 nitrogen and oxygen atoms in total. The Hall–Kier alpha value is -2.34.